The molecule has 2 aromatic heterocycles. The number of sulfonamides is 1. The van der Waals surface area contributed by atoms with Crippen molar-refractivity contribution >= 4 is 45.3 Å². The fourth-order valence-corrected chi connectivity index (χ4v) is 17.8. The van der Waals surface area contributed by atoms with Crippen LogP contribution in [0.5, 0.6) is 0 Å². The van der Waals surface area contributed by atoms with E-state index in [2.05, 4.69) is 46.0 Å². The number of nitriles is 1. The van der Waals surface area contributed by atoms with Gasteiger partial charge in [0.25, 0.3) is 21.8 Å². The Hall–Kier alpha value is -7.16. The topological polar surface area (TPSA) is 395 Å². The SMILES string of the molecule is C=C1C[C@@H]2CC[C@@H]3C[C@@H](OC)[C@@H](O3)C3C[C@@H](OC)[C@H]4O[C@H](CC[C@@H]4O3)CC(=O)C[C@@H]3[C@@H](OC)[C@@H](C[C@H](O)CNC(=O)OCc4ccc(N(CCOCCOCCOCCn5cc(COCCOCCOCCOCCNC(=O)CCN6C(=O)C=CC6=O)nn5)S(=O)(=O)c5ccc(C#N)cn5)cc4)O[C@H]3C[C@@H]3O[C@H](CC[C@@H]1O2)C[C@H](C)C3=C. The van der Waals surface area contributed by atoms with Gasteiger partial charge in [-0.1, -0.05) is 37.4 Å². The van der Waals surface area contributed by atoms with Crippen LogP contribution in [0.1, 0.15) is 120 Å². The Morgan fingerprint density at radius 1 is 0.658 bits per heavy atom. The molecule has 117 heavy (non-hydrogen) atoms. The number of hydrogen-bond donors (Lipinski definition) is 3. The number of Topliss-reactive ketones (excluding diaryl/α,β-unsaturated/α-hetero) is 1. The minimum atomic E-state index is -4.28. The van der Waals surface area contributed by atoms with E-state index >= 15 is 0 Å². The van der Waals surface area contributed by atoms with Crippen molar-refractivity contribution in [1.82, 2.24) is 35.5 Å². The summed E-state index contributed by atoms with van der Waals surface area (Å²) in [5, 5.41) is 34.4. The number of carbonyl (C=O) groups excluding carboxylic acids is 5. The van der Waals surface area contributed by atoms with Gasteiger partial charge in [0.2, 0.25) is 5.91 Å². The van der Waals surface area contributed by atoms with Gasteiger partial charge in [-0.05, 0) is 98.3 Å². The van der Waals surface area contributed by atoms with Crippen molar-refractivity contribution in [1.29, 1.82) is 5.26 Å². The number of ketones is 1. The predicted molar refractivity (Wildman–Crippen MR) is 417 cm³/mol. The summed E-state index contributed by atoms with van der Waals surface area (Å²) < 4.78 is 135. The summed E-state index contributed by atoms with van der Waals surface area (Å²) in [6, 6.07) is 11.0. The quantitative estimate of drug-likeness (QED) is 0.0376. The van der Waals surface area contributed by atoms with Gasteiger partial charge in [-0.25, -0.2) is 14.5 Å². The van der Waals surface area contributed by atoms with E-state index in [1.54, 1.807) is 56.5 Å². The highest BCUT2D eigenvalue weighted by Crippen LogP contribution is 2.44. The van der Waals surface area contributed by atoms with E-state index in [0.29, 0.717) is 96.3 Å². The smallest absolute Gasteiger partial charge is 0.407 e. The molecule has 3 N–H and O–H groups in total. The number of fused-ring (bicyclic) bond motifs is 2. The van der Waals surface area contributed by atoms with Gasteiger partial charge in [0.1, 0.15) is 36.4 Å². The van der Waals surface area contributed by atoms with Gasteiger partial charge in [0.15, 0.2) is 5.03 Å². The average Bonchev–Trinajstić information content (AvgIpc) is 1.43. The van der Waals surface area contributed by atoms with Crippen LogP contribution in [-0.2, 0) is 129 Å². The number of benzene rings is 1. The number of alkyl carbamates (subject to hydrolysis) is 1. The van der Waals surface area contributed by atoms with Crippen LogP contribution >= 0.6 is 0 Å². The molecule has 0 saturated carbocycles. The van der Waals surface area contributed by atoms with Crippen LogP contribution < -0.4 is 14.9 Å². The molecule has 10 aliphatic heterocycles. The lowest BCUT2D eigenvalue weighted by Crippen LogP contribution is -2.57. The number of methoxy groups -OCH3 is 3. The zero-order valence-electron chi connectivity index (χ0n) is 67.6. The van der Waals surface area contributed by atoms with E-state index in [0.717, 1.165) is 65.3 Å². The second-order valence-electron chi connectivity index (χ2n) is 30.8. The van der Waals surface area contributed by atoms with Gasteiger partial charge in [0, 0.05) is 110 Å². The zero-order chi connectivity index (χ0) is 82.6. The molecule has 646 valence electrons. The number of anilines is 1. The molecule has 34 nitrogen and oxygen atoms in total. The van der Waals surface area contributed by atoms with Gasteiger partial charge in [-0.2, -0.15) is 13.7 Å². The van der Waals surface area contributed by atoms with Gasteiger partial charge >= 0.3 is 6.09 Å². The lowest BCUT2D eigenvalue weighted by Gasteiger charge is -2.47. The molecule has 18 atom stereocenters. The minimum absolute atomic E-state index is 0.000300. The number of aliphatic hydroxyl groups excluding tert-OH is 1. The first kappa shape index (κ1) is 90.6. The number of aromatic nitrogens is 4. The summed E-state index contributed by atoms with van der Waals surface area (Å²) >= 11 is 0. The molecule has 3 aromatic rings. The van der Waals surface area contributed by atoms with Crippen LogP contribution in [0.4, 0.5) is 10.5 Å². The summed E-state index contributed by atoms with van der Waals surface area (Å²) in [4.78, 5) is 68.1. The summed E-state index contributed by atoms with van der Waals surface area (Å²) in [5.41, 5.74) is 3.68. The third-order valence-electron chi connectivity index (χ3n) is 22.6. The van der Waals surface area contributed by atoms with Crippen molar-refractivity contribution in [3.63, 3.8) is 0 Å². The first-order valence-corrected chi connectivity index (χ1v) is 42.4. The molecule has 9 saturated heterocycles. The summed E-state index contributed by atoms with van der Waals surface area (Å²) in [6.45, 7) is 15.3. The Kier molecular flexibility index (Phi) is 35.6. The largest absolute Gasteiger partial charge is 0.445 e. The molecule has 0 spiro atoms. The monoisotopic (exact) mass is 1660 g/mol. The van der Waals surface area contributed by atoms with Crippen molar-refractivity contribution in [2.24, 2.45) is 11.8 Å². The second kappa shape index (κ2) is 46.0. The van der Waals surface area contributed by atoms with Crippen molar-refractivity contribution in [3.8, 4) is 6.07 Å². The van der Waals surface area contributed by atoms with E-state index in [4.69, 9.17) is 80.5 Å². The maximum atomic E-state index is 14.5. The van der Waals surface area contributed by atoms with E-state index in [1.807, 2.05) is 6.07 Å². The molecule has 9 fully saturated rings. The van der Waals surface area contributed by atoms with Crippen molar-refractivity contribution < 1.29 is 118 Å². The number of hydrogen-bond acceptors (Lipinski definition) is 29. The Morgan fingerprint density at radius 2 is 1.29 bits per heavy atom. The van der Waals surface area contributed by atoms with E-state index in [1.165, 1.54) is 30.5 Å². The van der Waals surface area contributed by atoms with Crippen LogP contribution in [0, 0.1) is 23.2 Å². The third-order valence-corrected chi connectivity index (χ3v) is 24.4. The Balaban J connectivity index is 0.582. The van der Waals surface area contributed by atoms with Crippen LogP contribution in [0.2, 0.25) is 0 Å². The molecule has 1 unspecified atom stereocenters. The van der Waals surface area contributed by atoms with E-state index in [9.17, 15) is 42.8 Å². The predicted octanol–water partition coefficient (Wildman–Crippen LogP) is 5.13. The molecule has 12 heterocycles. The van der Waals surface area contributed by atoms with Crippen LogP contribution in [0.25, 0.3) is 0 Å². The number of aliphatic hydroxyl groups is 1. The highest BCUT2D eigenvalue weighted by atomic mass is 32.2. The van der Waals surface area contributed by atoms with Crippen molar-refractivity contribution in [2.75, 3.05) is 138 Å². The molecule has 13 rings (SSSR count). The molecule has 1 aromatic carbocycles. The molecular formula is C82H117N9O25S. The minimum Gasteiger partial charge on any atom is -0.445 e. The second-order valence-corrected chi connectivity index (χ2v) is 32.6. The average molecular weight is 1660 g/mol. The highest BCUT2D eigenvalue weighted by Gasteiger charge is 2.52. The Morgan fingerprint density at radius 3 is 1.99 bits per heavy atom. The fourth-order valence-electron chi connectivity index (χ4n) is 16.4. The van der Waals surface area contributed by atoms with Crippen LogP contribution in [0.3, 0.4) is 0 Å². The highest BCUT2D eigenvalue weighted by molar-refractivity contribution is 7.92. The van der Waals surface area contributed by atoms with Gasteiger partial charge in [-0.3, -0.25) is 28.4 Å². The standard InChI is InChI=1S/C82H117N9O25S/c1-53-39-63-14-16-67-54(2)40-62(111-67)12-13-65-44-71(100-4)81(114-65)74-46-72(101-5)80-68(115-74)17-15-64(113-80)41-60(92)42-66-70(45-69(112-63)55(53)3)116-73(79(66)102-6)43-61(93)49-86-82(97)110-51-56-7-10-59(11-8-56)91(117(98,99)76-18-9-57(47-83)48-85-76)25-28-105-31-34-107-33-30-104-27-24-89-50-58(87-88-89)52-109-38-37-108-36-35-106-32-29-103-26-22-84-75(94)21-23-90-77(95)19-20-78(90)96/h7-11,18-20,48,50,53,61-74,79-81,93H,2-3,12-17,21-46,49,51-52H2,1,4-6H3,(H,84,94)(H,86,97)/t53-,61-,62-,63+,64+,65+,66-,67-,68-,69-,70-,71+,72+,73+,74?,79+,80-,81+/m0/s1. The molecule has 4 amide bonds. The molecule has 10 bridgehead atoms. The lowest BCUT2D eigenvalue weighted by molar-refractivity contribution is -0.252. The van der Waals surface area contributed by atoms with Gasteiger partial charge in [-0.15, -0.1) is 5.10 Å². The number of carbonyl (C=O) groups is 5. The maximum absolute atomic E-state index is 14.5. The zero-order valence-corrected chi connectivity index (χ0v) is 68.4. The fraction of sp³-hybridized carbons (Fsp3) is 0.695. The van der Waals surface area contributed by atoms with Gasteiger partial charge in [0.05, 0.1) is 208 Å². The number of pyridine rings is 1. The normalized spacial score (nSPS) is 28.5. The molecule has 35 heteroatoms. The summed E-state index contributed by atoms with van der Waals surface area (Å²) in [5.74, 6) is -1.41. The molecule has 0 aliphatic carbocycles. The van der Waals surface area contributed by atoms with E-state index < -0.39 is 58.3 Å². The Labute approximate surface area is 684 Å². The van der Waals surface area contributed by atoms with Crippen LogP contribution in [-0.4, -0.2) is 299 Å². The maximum Gasteiger partial charge on any atom is 0.407 e. The number of imide groups is 1. The molecule has 10 aliphatic rings. The van der Waals surface area contributed by atoms with Crippen molar-refractivity contribution in [3.05, 3.63) is 102 Å². The lowest BCUT2D eigenvalue weighted by atomic mass is 9.81. The number of ether oxygens (including phenoxy) is 17. The summed E-state index contributed by atoms with van der Waals surface area (Å²) in [6.07, 6.45) is 7.32. The third kappa shape index (κ3) is 26.7. The van der Waals surface area contributed by atoms with Crippen molar-refractivity contribution in [2.45, 2.75) is 226 Å². The molecular weight excluding hydrogens is 1540 g/mol. The molecule has 0 radical (unpaired) electrons. The number of nitrogens with one attached hydrogen (secondary N) is 2. The number of amides is 4. The Bertz CT molecular complexity index is 3850. The number of rotatable bonds is 41. The van der Waals surface area contributed by atoms with Crippen LogP contribution in [0.15, 0.2) is 90.3 Å². The first-order chi connectivity index (χ1) is 56.7. The van der Waals surface area contributed by atoms with Gasteiger partial charge < -0.3 is 96.3 Å². The number of nitrogens with zero attached hydrogens (tertiary/aromatic N) is 7. The first-order valence-electron chi connectivity index (χ1n) is 40.9. The van der Waals surface area contributed by atoms with E-state index in [-0.39, 0.29) is 205 Å². The summed E-state index contributed by atoms with van der Waals surface area (Å²) in [7, 11) is 0.722.